The van der Waals surface area contributed by atoms with Crippen molar-refractivity contribution in [3.63, 3.8) is 0 Å². The van der Waals surface area contributed by atoms with Gasteiger partial charge in [0.05, 0.1) is 11.3 Å². The fourth-order valence-corrected chi connectivity index (χ4v) is 3.51. The first-order valence-electron chi connectivity index (χ1n) is 7.48. The average Bonchev–Trinajstić information content (AvgIpc) is 3.02. The number of hydrogen-bond acceptors (Lipinski definition) is 3. The summed E-state index contributed by atoms with van der Waals surface area (Å²) in [5, 5.41) is 12.9. The molecule has 0 atom stereocenters. The van der Waals surface area contributed by atoms with Crippen molar-refractivity contribution in [1.29, 1.82) is 5.26 Å². The molecule has 0 saturated heterocycles. The molecule has 3 rings (SSSR count). The molecule has 0 unspecified atom stereocenters. The van der Waals surface area contributed by atoms with Gasteiger partial charge in [-0.3, -0.25) is 0 Å². The topological polar surface area (TPSA) is 36.7 Å². The van der Waals surface area contributed by atoms with E-state index in [2.05, 4.69) is 43.1 Å². The van der Waals surface area contributed by atoms with Crippen molar-refractivity contribution < 1.29 is 0 Å². The Bertz CT molecular complexity index is 964. The van der Waals surface area contributed by atoms with E-state index in [-0.39, 0.29) is 0 Å². The minimum absolute atomic E-state index is 0.540. The van der Waals surface area contributed by atoms with Gasteiger partial charge in [0.15, 0.2) is 0 Å². The standard InChI is InChI=1S/C20H15ClN2S/c1-13-6-7-18(14(2)8-13)19-12-24-20(23-19)16(11-22)9-15-4-3-5-17(21)10-15/h3-10,12H,1-2H3/b16-9+. The predicted molar refractivity (Wildman–Crippen MR) is 102 cm³/mol. The van der Waals surface area contributed by atoms with Gasteiger partial charge in [0, 0.05) is 16.0 Å². The number of benzene rings is 2. The van der Waals surface area contributed by atoms with Gasteiger partial charge in [0.1, 0.15) is 11.1 Å². The maximum atomic E-state index is 9.50. The fourth-order valence-electron chi connectivity index (χ4n) is 2.53. The molecule has 2 aromatic carbocycles. The lowest BCUT2D eigenvalue weighted by molar-refractivity contribution is 1.32. The highest BCUT2D eigenvalue weighted by Gasteiger charge is 2.11. The third kappa shape index (κ3) is 3.56. The van der Waals surface area contributed by atoms with Crippen LogP contribution < -0.4 is 0 Å². The summed E-state index contributed by atoms with van der Waals surface area (Å²) in [5.74, 6) is 0. The molecule has 1 heterocycles. The van der Waals surface area contributed by atoms with Crippen LogP contribution in [-0.4, -0.2) is 4.98 Å². The molecular weight excluding hydrogens is 336 g/mol. The maximum Gasteiger partial charge on any atom is 0.134 e. The molecule has 0 fully saturated rings. The molecule has 0 N–H and O–H groups in total. The summed E-state index contributed by atoms with van der Waals surface area (Å²) in [6, 6.07) is 16.0. The number of thiazole rings is 1. The van der Waals surface area contributed by atoms with Gasteiger partial charge in [-0.05, 0) is 43.2 Å². The van der Waals surface area contributed by atoms with Gasteiger partial charge in [-0.1, -0.05) is 47.5 Å². The number of nitrogens with zero attached hydrogens (tertiary/aromatic N) is 2. The molecule has 0 spiro atoms. The van der Waals surface area contributed by atoms with Crippen LogP contribution in [0.5, 0.6) is 0 Å². The van der Waals surface area contributed by atoms with E-state index in [4.69, 9.17) is 11.6 Å². The van der Waals surface area contributed by atoms with Gasteiger partial charge >= 0.3 is 0 Å². The van der Waals surface area contributed by atoms with Crippen LogP contribution in [0.1, 0.15) is 21.7 Å². The Morgan fingerprint density at radius 1 is 1.21 bits per heavy atom. The lowest BCUT2D eigenvalue weighted by Crippen LogP contribution is -1.86. The van der Waals surface area contributed by atoms with Crippen molar-refractivity contribution >= 4 is 34.6 Å². The van der Waals surface area contributed by atoms with Gasteiger partial charge in [-0.25, -0.2) is 4.98 Å². The first-order chi connectivity index (χ1) is 11.6. The summed E-state index contributed by atoms with van der Waals surface area (Å²) in [6.07, 6.45) is 1.82. The van der Waals surface area contributed by atoms with Gasteiger partial charge in [-0.2, -0.15) is 5.26 Å². The summed E-state index contributed by atoms with van der Waals surface area (Å²) >= 11 is 7.49. The summed E-state index contributed by atoms with van der Waals surface area (Å²) in [6.45, 7) is 4.15. The normalized spacial score (nSPS) is 11.3. The smallest absolute Gasteiger partial charge is 0.134 e. The van der Waals surface area contributed by atoms with Crippen LogP contribution >= 0.6 is 22.9 Å². The highest BCUT2D eigenvalue weighted by molar-refractivity contribution is 7.11. The molecule has 0 bridgehead atoms. The third-order valence-electron chi connectivity index (χ3n) is 3.67. The molecule has 2 nitrogen and oxygen atoms in total. The van der Waals surface area contributed by atoms with E-state index in [1.54, 1.807) is 0 Å². The zero-order valence-corrected chi connectivity index (χ0v) is 14.9. The highest BCUT2D eigenvalue weighted by atomic mass is 35.5. The highest BCUT2D eigenvalue weighted by Crippen LogP contribution is 2.29. The quantitative estimate of drug-likeness (QED) is 0.531. The van der Waals surface area contributed by atoms with E-state index in [1.165, 1.54) is 22.5 Å². The number of rotatable bonds is 3. The van der Waals surface area contributed by atoms with Crippen molar-refractivity contribution in [3.05, 3.63) is 74.6 Å². The number of allylic oxidation sites excluding steroid dienone is 1. The zero-order chi connectivity index (χ0) is 17.1. The van der Waals surface area contributed by atoms with E-state index in [9.17, 15) is 5.26 Å². The Morgan fingerprint density at radius 3 is 2.75 bits per heavy atom. The predicted octanol–water partition coefficient (Wildman–Crippen LogP) is 6.14. The Balaban J connectivity index is 1.98. The Kier molecular flexibility index (Phi) is 4.80. The van der Waals surface area contributed by atoms with E-state index < -0.39 is 0 Å². The van der Waals surface area contributed by atoms with E-state index >= 15 is 0 Å². The number of aromatic nitrogens is 1. The Hall–Kier alpha value is -2.41. The average molecular weight is 351 g/mol. The molecule has 1 aromatic heterocycles. The number of aryl methyl sites for hydroxylation is 2. The van der Waals surface area contributed by atoms with Crippen LogP contribution in [0.15, 0.2) is 47.8 Å². The minimum Gasteiger partial charge on any atom is -0.235 e. The molecule has 0 amide bonds. The van der Waals surface area contributed by atoms with E-state index in [1.807, 2.05) is 35.7 Å². The van der Waals surface area contributed by atoms with Crippen molar-refractivity contribution in [2.24, 2.45) is 0 Å². The second kappa shape index (κ2) is 7.00. The van der Waals surface area contributed by atoms with Crippen LogP contribution in [0.25, 0.3) is 22.9 Å². The molecule has 3 aromatic rings. The summed E-state index contributed by atoms with van der Waals surface area (Å²) in [7, 11) is 0. The number of hydrogen-bond donors (Lipinski definition) is 0. The van der Waals surface area contributed by atoms with Gasteiger partial charge in [0.25, 0.3) is 0 Å². The fraction of sp³-hybridized carbons (Fsp3) is 0.100. The lowest BCUT2D eigenvalue weighted by atomic mass is 10.0. The third-order valence-corrected chi connectivity index (χ3v) is 4.78. The summed E-state index contributed by atoms with van der Waals surface area (Å²) in [4.78, 5) is 4.66. The summed E-state index contributed by atoms with van der Waals surface area (Å²) < 4.78 is 0. The largest absolute Gasteiger partial charge is 0.235 e. The first kappa shape index (κ1) is 16.4. The van der Waals surface area contributed by atoms with E-state index in [0.717, 1.165) is 16.8 Å². The van der Waals surface area contributed by atoms with Gasteiger partial charge in [0.2, 0.25) is 0 Å². The van der Waals surface area contributed by atoms with Crippen LogP contribution in [0.2, 0.25) is 5.02 Å². The molecule has 0 radical (unpaired) electrons. The molecule has 0 aliphatic carbocycles. The van der Waals surface area contributed by atoms with Crippen LogP contribution in [0, 0.1) is 25.2 Å². The summed E-state index contributed by atoms with van der Waals surface area (Å²) in [5.41, 5.74) is 5.85. The zero-order valence-electron chi connectivity index (χ0n) is 13.4. The number of halogens is 1. The van der Waals surface area contributed by atoms with Crippen molar-refractivity contribution in [3.8, 4) is 17.3 Å². The molecule has 0 aliphatic heterocycles. The van der Waals surface area contributed by atoms with Crippen LogP contribution in [-0.2, 0) is 0 Å². The van der Waals surface area contributed by atoms with Crippen molar-refractivity contribution in [2.75, 3.05) is 0 Å². The van der Waals surface area contributed by atoms with Crippen LogP contribution in [0.3, 0.4) is 0 Å². The molecule has 24 heavy (non-hydrogen) atoms. The first-order valence-corrected chi connectivity index (χ1v) is 8.73. The lowest BCUT2D eigenvalue weighted by Gasteiger charge is -2.03. The van der Waals surface area contributed by atoms with Crippen molar-refractivity contribution in [1.82, 2.24) is 4.98 Å². The molecular formula is C20H15ClN2S. The molecule has 0 aliphatic rings. The monoisotopic (exact) mass is 350 g/mol. The molecule has 4 heteroatoms. The van der Waals surface area contributed by atoms with Crippen molar-refractivity contribution in [2.45, 2.75) is 13.8 Å². The second-order valence-corrected chi connectivity index (χ2v) is 6.88. The molecule has 118 valence electrons. The minimum atomic E-state index is 0.540. The van der Waals surface area contributed by atoms with Gasteiger partial charge < -0.3 is 0 Å². The van der Waals surface area contributed by atoms with Gasteiger partial charge in [-0.15, -0.1) is 11.3 Å². The Labute approximate surface area is 150 Å². The molecule has 0 saturated carbocycles. The second-order valence-electron chi connectivity index (χ2n) is 5.58. The maximum absolute atomic E-state index is 9.50. The number of nitriles is 1. The Morgan fingerprint density at radius 2 is 2.04 bits per heavy atom. The van der Waals surface area contributed by atoms with Crippen LogP contribution in [0.4, 0.5) is 0 Å². The SMILES string of the molecule is Cc1ccc(-c2csc(/C(C#N)=C/c3cccc(Cl)c3)n2)c(C)c1. The van der Waals surface area contributed by atoms with E-state index in [0.29, 0.717) is 15.6 Å².